The maximum Gasteiger partial charge on any atom is 0.325 e. The van der Waals surface area contributed by atoms with Crippen molar-refractivity contribution in [1.29, 1.82) is 0 Å². The number of rotatable bonds is 4. The molecule has 2 aliphatic heterocycles. The zero-order valence-electron chi connectivity index (χ0n) is 15.3. The number of nitrogens with one attached hydrogen (secondary N) is 2. The first-order valence-electron chi connectivity index (χ1n) is 8.69. The predicted octanol–water partition coefficient (Wildman–Crippen LogP) is 1.22. The third-order valence-corrected chi connectivity index (χ3v) is 5.24. The van der Waals surface area contributed by atoms with Crippen LogP contribution >= 0.6 is 12.4 Å². The van der Waals surface area contributed by atoms with Crippen molar-refractivity contribution in [2.24, 2.45) is 0 Å². The van der Waals surface area contributed by atoms with Crippen LogP contribution in [0.2, 0.25) is 0 Å². The summed E-state index contributed by atoms with van der Waals surface area (Å²) in [5.74, 6) is -1.21. The second kappa shape index (κ2) is 8.22. The summed E-state index contributed by atoms with van der Waals surface area (Å²) in [5.41, 5.74) is -0.836. The molecule has 148 valence electrons. The van der Waals surface area contributed by atoms with E-state index in [2.05, 4.69) is 10.6 Å². The Morgan fingerprint density at radius 3 is 2.44 bits per heavy atom. The van der Waals surface area contributed by atoms with Crippen molar-refractivity contribution in [3.63, 3.8) is 0 Å². The number of amides is 4. The fourth-order valence-electron chi connectivity index (χ4n) is 3.46. The van der Waals surface area contributed by atoms with Crippen LogP contribution in [0.4, 0.5) is 9.18 Å². The summed E-state index contributed by atoms with van der Waals surface area (Å²) in [5, 5.41) is 5.86. The Balaban J connectivity index is 0.00000261. The van der Waals surface area contributed by atoms with Crippen molar-refractivity contribution in [1.82, 2.24) is 20.4 Å². The van der Waals surface area contributed by atoms with Gasteiger partial charge in [0.05, 0.1) is 0 Å². The molecule has 27 heavy (non-hydrogen) atoms. The highest BCUT2D eigenvalue weighted by Gasteiger charge is 2.49. The van der Waals surface area contributed by atoms with Crippen LogP contribution in [-0.4, -0.2) is 60.4 Å². The number of hydrogen-bond acceptors (Lipinski definition) is 4. The van der Waals surface area contributed by atoms with E-state index in [4.69, 9.17) is 0 Å². The highest BCUT2D eigenvalue weighted by molar-refractivity contribution is 6.09. The van der Waals surface area contributed by atoms with Crippen molar-refractivity contribution in [2.45, 2.75) is 31.3 Å². The Bertz CT molecular complexity index is 724. The number of carbonyl (C=O) groups excluding carboxylic acids is 3. The van der Waals surface area contributed by atoms with Gasteiger partial charge in [0.15, 0.2) is 0 Å². The molecule has 2 heterocycles. The lowest BCUT2D eigenvalue weighted by Gasteiger charge is -2.32. The van der Waals surface area contributed by atoms with E-state index in [9.17, 15) is 18.8 Å². The number of imide groups is 1. The summed E-state index contributed by atoms with van der Waals surface area (Å²) in [4.78, 5) is 40.3. The van der Waals surface area contributed by atoms with Crippen LogP contribution in [0.25, 0.3) is 0 Å². The molecule has 2 aliphatic rings. The van der Waals surface area contributed by atoms with Crippen LogP contribution in [0.3, 0.4) is 0 Å². The van der Waals surface area contributed by atoms with Crippen LogP contribution in [0.15, 0.2) is 24.3 Å². The number of hydrogen-bond donors (Lipinski definition) is 2. The number of urea groups is 1. The van der Waals surface area contributed by atoms with Crippen LogP contribution in [0.1, 0.15) is 25.3 Å². The Kier molecular flexibility index (Phi) is 6.43. The highest BCUT2D eigenvalue weighted by Crippen LogP contribution is 2.29. The van der Waals surface area contributed by atoms with Crippen LogP contribution in [0.5, 0.6) is 0 Å². The van der Waals surface area contributed by atoms with Gasteiger partial charge in [-0.25, -0.2) is 9.18 Å². The Labute approximate surface area is 163 Å². The van der Waals surface area contributed by atoms with E-state index in [1.54, 1.807) is 18.9 Å². The van der Waals surface area contributed by atoms with E-state index in [-0.39, 0.29) is 30.9 Å². The van der Waals surface area contributed by atoms with Gasteiger partial charge in [0.2, 0.25) is 5.91 Å². The molecule has 3 rings (SSSR count). The molecule has 1 unspecified atom stereocenters. The van der Waals surface area contributed by atoms with E-state index < -0.39 is 23.3 Å². The smallest absolute Gasteiger partial charge is 0.325 e. The van der Waals surface area contributed by atoms with Crippen molar-refractivity contribution >= 4 is 30.3 Å². The van der Waals surface area contributed by atoms with Gasteiger partial charge in [-0.3, -0.25) is 14.5 Å². The summed E-state index contributed by atoms with van der Waals surface area (Å²) >= 11 is 0. The molecule has 2 N–H and O–H groups in total. The van der Waals surface area contributed by atoms with Gasteiger partial charge in [-0.2, -0.15) is 0 Å². The number of nitrogens with zero attached hydrogens (tertiary/aromatic N) is 2. The SMILES string of the molecule is CN(C(=O)CN1C(=O)NC(C)(c2ccc(F)cc2)C1=O)C1CCNCC1.Cl. The molecule has 2 fully saturated rings. The quantitative estimate of drug-likeness (QED) is 0.747. The van der Waals surface area contributed by atoms with Gasteiger partial charge in [-0.05, 0) is 50.6 Å². The molecule has 0 saturated carbocycles. The average Bonchev–Trinajstić information content (AvgIpc) is 2.86. The van der Waals surface area contributed by atoms with Gasteiger partial charge in [0, 0.05) is 13.1 Å². The van der Waals surface area contributed by atoms with Crippen molar-refractivity contribution in [2.75, 3.05) is 26.7 Å². The lowest BCUT2D eigenvalue weighted by atomic mass is 9.92. The maximum absolute atomic E-state index is 13.1. The van der Waals surface area contributed by atoms with Crippen LogP contribution in [0, 0.1) is 5.82 Å². The summed E-state index contributed by atoms with van der Waals surface area (Å²) < 4.78 is 13.1. The second-order valence-corrected chi connectivity index (χ2v) is 6.94. The van der Waals surface area contributed by atoms with E-state index >= 15 is 0 Å². The number of piperidine rings is 1. The second-order valence-electron chi connectivity index (χ2n) is 6.94. The normalized spacial score (nSPS) is 23.0. The first-order chi connectivity index (χ1) is 12.3. The molecule has 1 aromatic carbocycles. The first kappa shape index (κ1) is 21.1. The van der Waals surface area contributed by atoms with E-state index in [1.807, 2.05) is 0 Å². The summed E-state index contributed by atoms with van der Waals surface area (Å²) in [6.45, 7) is 2.94. The highest BCUT2D eigenvalue weighted by atomic mass is 35.5. The van der Waals surface area contributed by atoms with Crippen molar-refractivity contribution < 1.29 is 18.8 Å². The molecule has 0 aromatic heterocycles. The minimum absolute atomic E-state index is 0. The van der Waals surface area contributed by atoms with Gasteiger partial charge in [0.1, 0.15) is 17.9 Å². The van der Waals surface area contributed by atoms with Gasteiger partial charge in [0.25, 0.3) is 5.91 Å². The molecule has 7 nitrogen and oxygen atoms in total. The fourth-order valence-corrected chi connectivity index (χ4v) is 3.46. The summed E-state index contributed by atoms with van der Waals surface area (Å²) in [6, 6.07) is 4.87. The van der Waals surface area contributed by atoms with Crippen molar-refractivity contribution in [3.8, 4) is 0 Å². The van der Waals surface area contributed by atoms with Gasteiger partial charge < -0.3 is 15.5 Å². The zero-order valence-corrected chi connectivity index (χ0v) is 16.1. The third kappa shape index (κ3) is 4.06. The number of halogens is 2. The third-order valence-electron chi connectivity index (χ3n) is 5.24. The number of carbonyl (C=O) groups is 3. The molecule has 9 heteroatoms. The molecule has 0 radical (unpaired) electrons. The molecule has 1 atom stereocenters. The molecule has 2 saturated heterocycles. The molecular formula is C18H24ClFN4O3. The Hall–Kier alpha value is -2.19. The molecule has 1 aromatic rings. The van der Waals surface area contributed by atoms with Gasteiger partial charge in [-0.1, -0.05) is 12.1 Å². The Morgan fingerprint density at radius 2 is 1.85 bits per heavy atom. The lowest BCUT2D eigenvalue weighted by Crippen LogP contribution is -2.48. The predicted molar refractivity (Wildman–Crippen MR) is 99.9 cm³/mol. The van der Waals surface area contributed by atoms with E-state index in [0.717, 1.165) is 30.8 Å². The number of benzene rings is 1. The maximum atomic E-state index is 13.1. The van der Waals surface area contributed by atoms with E-state index in [1.165, 1.54) is 24.3 Å². The molecular weight excluding hydrogens is 375 g/mol. The molecule has 4 amide bonds. The van der Waals surface area contributed by atoms with Crippen LogP contribution in [-0.2, 0) is 15.1 Å². The molecule has 0 bridgehead atoms. The molecule has 0 spiro atoms. The zero-order chi connectivity index (χ0) is 18.9. The fraction of sp³-hybridized carbons (Fsp3) is 0.500. The lowest BCUT2D eigenvalue weighted by molar-refractivity contribution is -0.139. The van der Waals surface area contributed by atoms with E-state index in [0.29, 0.717) is 5.56 Å². The van der Waals surface area contributed by atoms with Gasteiger partial charge in [-0.15, -0.1) is 12.4 Å². The van der Waals surface area contributed by atoms with Crippen LogP contribution < -0.4 is 10.6 Å². The minimum atomic E-state index is -1.31. The van der Waals surface area contributed by atoms with Crippen molar-refractivity contribution in [3.05, 3.63) is 35.6 Å². The minimum Gasteiger partial charge on any atom is -0.341 e. The average molecular weight is 399 g/mol. The summed E-state index contributed by atoms with van der Waals surface area (Å²) in [6.07, 6.45) is 1.69. The topological polar surface area (TPSA) is 81.8 Å². The Morgan fingerprint density at radius 1 is 1.26 bits per heavy atom. The molecule has 0 aliphatic carbocycles. The van der Waals surface area contributed by atoms with Gasteiger partial charge >= 0.3 is 6.03 Å². The first-order valence-corrected chi connectivity index (χ1v) is 8.69. The monoisotopic (exact) mass is 398 g/mol. The summed E-state index contributed by atoms with van der Waals surface area (Å²) in [7, 11) is 1.70. The standard InChI is InChI=1S/C18H23FN4O3.ClH/c1-18(12-3-5-13(19)6-4-12)16(25)23(17(26)21-18)11-15(24)22(2)14-7-9-20-10-8-14;/h3-6,14,20H,7-11H2,1-2H3,(H,21,26);1H. The largest absolute Gasteiger partial charge is 0.341 e. The number of likely N-dealkylation sites (N-methyl/N-ethyl adjacent to an activating group) is 1.